The Bertz CT molecular complexity index is 1540. The summed E-state index contributed by atoms with van der Waals surface area (Å²) in [6.45, 7) is 4.00. The van der Waals surface area contributed by atoms with Crippen molar-refractivity contribution in [2.24, 2.45) is 0 Å². The van der Waals surface area contributed by atoms with Crippen LogP contribution in [0.2, 0.25) is 0 Å². The SMILES string of the molecule is CC.OB(O)c1ccc2c(c1)c1ccccc1n2-c1ccc2oc3ccccc3c2c1. The van der Waals surface area contributed by atoms with E-state index in [-0.39, 0.29) is 0 Å². The van der Waals surface area contributed by atoms with E-state index in [2.05, 4.69) is 34.9 Å². The molecule has 6 aromatic rings. The van der Waals surface area contributed by atoms with Crippen LogP contribution < -0.4 is 5.46 Å². The number of para-hydroxylation sites is 2. The molecule has 0 spiro atoms. The largest absolute Gasteiger partial charge is 0.488 e. The highest BCUT2D eigenvalue weighted by Gasteiger charge is 2.17. The minimum absolute atomic E-state index is 0.483. The number of benzene rings is 4. The minimum Gasteiger partial charge on any atom is -0.456 e. The molecule has 0 fully saturated rings. The van der Waals surface area contributed by atoms with Crippen LogP contribution in [-0.4, -0.2) is 21.7 Å². The van der Waals surface area contributed by atoms with Crippen molar-refractivity contribution >= 4 is 56.3 Å². The van der Waals surface area contributed by atoms with Crippen LogP contribution in [0.1, 0.15) is 13.8 Å². The average Bonchev–Trinajstić information content (AvgIpc) is 3.35. The Hall–Kier alpha value is -3.54. The number of hydrogen-bond acceptors (Lipinski definition) is 3. The van der Waals surface area contributed by atoms with Gasteiger partial charge in [-0.2, -0.15) is 0 Å². The van der Waals surface area contributed by atoms with Gasteiger partial charge in [0.15, 0.2) is 0 Å². The fraction of sp³-hybridized carbons (Fsp3) is 0.0769. The molecular weight excluding hydrogens is 385 g/mol. The molecule has 0 radical (unpaired) electrons. The van der Waals surface area contributed by atoms with Crippen molar-refractivity contribution in [3.05, 3.63) is 84.9 Å². The minimum atomic E-state index is -1.49. The zero-order chi connectivity index (χ0) is 21.5. The predicted octanol–water partition coefficient (Wildman–Crippen LogP) is 5.39. The van der Waals surface area contributed by atoms with Gasteiger partial charge in [-0.1, -0.05) is 62.4 Å². The van der Waals surface area contributed by atoms with Crippen molar-refractivity contribution in [1.82, 2.24) is 4.57 Å². The Morgan fingerprint density at radius 1 is 0.645 bits per heavy atom. The third kappa shape index (κ3) is 3.02. The highest BCUT2D eigenvalue weighted by molar-refractivity contribution is 6.59. The molecular formula is C26H22BNO3. The molecule has 2 aromatic heterocycles. The van der Waals surface area contributed by atoms with Crippen molar-refractivity contribution < 1.29 is 14.5 Å². The molecule has 0 atom stereocenters. The number of fused-ring (bicyclic) bond motifs is 6. The second kappa shape index (κ2) is 7.62. The van der Waals surface area contributed by atoms with E-state index < -0.39 is 7.12 Å². The van der Waals surface area contributed by atoms with Gasteiger partial charge in [0, 0.05) is 27.2 Å². The lowest BCUT2D eigenvalue weighted by Gasteiger charge is -2.08. The lowest BCUT2D eigenvalue weighted by molar-refractivity contribution is 0.426. The van der Waals surface area contributed by atoms with Gasteiger partial charge >= 0.3 is 7.12 Å². The van der Waals surface area contributed by atoms with E-state index >= 15 is 0 Å². The Kier molecular flexibility index (Phi) is 4.77. The van der Waals surface area contributed by atoms with Crippen LogP contribution in [0.25, 0.3) is 49.4 Å². The van der Waals surface area contributed by atoms with Crippen molar-refractivity contribution in [2.45, 2.75) is 13.8 Å². The average molecular weight is 407 g/mol. The van der Waals surface area contributed by atoms with Crippen LogP contribution in [0.15, 0.2) is 89.3 Å². The summed E-state index contributed by atoms with van der Waals surface area (Å²) in [5, 5.41) is 23.5. The maximum Gasteiger partial charge on any atom is 0.488 e. The van der Waals surface area contributed by atoms with Gasteiger partial charge in [-0.3, -0.25) is 0 Å². The van der Waals surface area contributed by atoms with E-state index in [9.17, 15) is 10.0 Å². The zero-order valence-corrected chi connectivity index (χ0v) is 17.4. The molecule has 0 amide bonds. The highest BCUT2D eigenvalue weighted by Crippen LogP contribution is 2.35. The third-order valence-corrected chi connectivity index (χ3v) is 5.61. The molecule has 2 N–H and O–H groups in total. The lowest BCUT2D eigenvalue weighted by Crippen LogP contribution is -2.29. The summed E-state index contributed by atoms with van der Waals surface area (Å²) < 4.78 is 8.18. The van der Waals surface area contributed by atoms with Crippen LogP contribution in [0.3, 0.4) is 0 Å². The molecule has 0 saturated heterocycles. The van der Waals surface area contributed by atoms with Gasteiger partial charge in [-0.05, 0) is 41.9 Å². The van der Waals surface area contributed by atoms with E-state index in [1.807, 2.05) is 62.4 Å². The van der Waals surface area contributed by atoms with E-state index in [0.717, 1.165) is 49.4 Å². The number of hydrogen-bond donors (Lipinski definition) is 2. The first-order valence-corrected chi connectivity index (χ1v) is 10.5. The maximum absolute atomic E-state index is 9.61. The second-order valence-corrected chi connectivity index (χ2v) is 7.28. The number of aromatic nitrogens is 1. The molecule has 6 rings (SSSR count). The topological polar surface area (TPSA) is 58.5 Å². The molecule has 5 heteroatoms. The molecule has 0 unspecified atom stereocenters. The van der Waals surface area contributed by atoms with E-state index in [1.54, 1.807) is 6.07 Å². The number of furan rings is 1. The molecule has 0 aliphatic heterocycles. The van der Waals surface area contributed by atoms with Crippen LogP contribution in [0, 0.1) is 0 Å². The Labute approximate surface area is 180 Å². The van der Waals surface area contributed by atoms with E-state index in [1.165, 1.54) is 0 Å². The summed E-state index contributed by atoms with van der Waals surface area (Å²) >= 11 is 0. The first-order valence-electron chi connectivity index (χ1n) is 10.5. The Morgan fingerprint density at radius 2 is 1.32 bits per heavy atom. The monoisotopic (exact) mass is 407 g/mol. The quantitative estimate of drug-likeness (QED) is 0.379. The molecule has 4 aromatic carbocycles. The lowest BCUT2D eigenvalue weighted by atomic mass is 9.80. The van der Waals surface area contributed by atoms with Crippen molar-refractivity contribution in [1.29, 1.82) is 0 Å². The first-order chi connectivity index (χ1) is 15.2. The molecule has 0 bridgehead atoms. The van der Waals surface area contributed by atoms with Gasteiger partial charge in [0.2, 0.25) is 0 Å². The summed E-state index contributed by atoms with van der Waals surface area (Å²) in [5.41, 5.74) is 5.34. The molecule has 0 aliphatic carbocycles. The van der Waals surface area contributed by atoms with Crippen LogP contribution in [-0.2, 0) is 0 Å². The molecule has 152 valence electrons. The second-order valence-electron chi connectivity index (χ2n) is 7.28. The van der Waals surface area contributed by atoms with E-state index in [0.29, 0.717) is 5.46 Å². The summed E-state index contributed by atoms with van der Waals surface area (Å²) in [5.74, 6) is 0. The number of rotatable bonds is 2. The van der Waals surface area contributed by atoms with Gasteiger partial charge in [0.05, 0.1) is 11.0 Å². The smallest absolute Gasteiger partial charge is 0.456 e. The molecule has 4 nitrogen and oxygen atoms in total. The van der Waals surface area contributed by atoms with Crippen molar-refractivity contribution in [2.75, 3.05) is 0 Å². The maximum atomic E-state index is 9.61. The van der Waals surface area contributed by atoms with Gasteiger partial charge in [0.1, 0.15) is 11.2 Å². The fourth-order valence-corrected chi connectivity index (χ4v) is 4.28. The summed E-state index contributed by atoms with van der Waals surface area (Å²) in [6.07, 6.45) is 0. The van der Waals surface area contributed by atoms with Gasteiger partial charge in [0.25, 0.3) is 0 Å². The molecule has 31 heavy (non-hydrogen) atoms. The normalized spacial score (nSPS) is 11.2. The van der Waals surface area contributed by atoms with Crippen LogP contribution >= 0.6 is 0 Å². The molecule has 0 aliphatic rings. The predicted molar refractivity (Wildman–Crippen MR) is 129 cm³/mol. The van der Waals surface area contributed by atoms with Crippen molar-refractivity contribution in [3.63, 3.8) is 0 Å². The van der Waals surface area contributed by atoms with Crippen LogP contribution in [0.5, 0.6) is 0 Å². The third-order valence-electron chi connectivity index (χ3n) is 5.61. The fourth-order valence-electron chi connectivity index (χ4n) is 4.28. The standard InChI is InChI=1S/C24H16BNO3.C2H6/c27-25(28)15-9-11-22-19(13-15)17-5-1-3-7-21(17)26(22)16-10-12-24-20(14-16)18-6-2-4-8-23(18)29-24;1-2/h1-14,27-28H;1-2H3. The number of nitrogens with zero attached hydrogens (tertiary/aromatic N) is 1. The zero-order valence-electron chi connectivity index (χ0n) is 17.4. The summed E-state index contributed by atoms with van der Waals surface area (Å²) in [6, 6.07) is 28.0. The van der Waals surface area contributed by atoms with Gasteiger partial charge < -0.3 is 19.0 Å². The first kappa shape index (κ1) is 19.4. The van der Waals surface area contributed by atoms with Crippen molar-refractivity contribution in [3.8, 4) is 5.69 Å². The summed E-state index contributed by atoms with van der Waals surface area (Å²) in [7, 11) is -1.49. The van der Waals surface area contributed by atoms with Crippen LogP contribution in [0.4, 0.5) is 0 Å². The Morgan fingerprint density at radius 3 is 2.13 bits per heavy atom. The van der Waals surface area contributed by atoms with Gasteiger partial charge in [-0.25, -0.2) is 0 Å². The Balaban J connectivity index is 0.000000994. The highest BCUT2D eigenvalue weighted by atomic mass is 16.4. The molecule has 0 saturated carbocycles. The van der Waals surface area contributed by atoms with E-state index in [4.69, 9.17) is 4.42 Å². The van der Waals surface area contributed by atoms with Gasteiger partial charge in [-0.15, -0.1) is 0 Å². The molecule has 2 heterocycles. The summed E-state index contributed by atoms with van der Waals surface area (Å²) in [4.78, 5) is 0.